The van der Waals surface area contributed by atoms with E-state index in [0.29, 0.717) is 5.92 Å². The number of aryl methyl sites for hydroxylation is 1. The highest BCUT2D eigenvalue weighted by molar-refractivity contribution is 5.27. The molecule has 0 saturated carbocycles. The van der Waals surface area contributed by atoms with E-state index in [2.05, 4.69) is 45.0 Å². The lowest BCUT2D eigenvalue weighted by Gasteiger charge is -2.25. The molecule has 102 valence electrons. The molecule has 0 aliphatic rings. The Hall–Kier alpha value is -0.860. The van der Waals surface area contributed by atoms with Crippen molar-refractivity contribution in [1.82, 2.24) is 0 Å². The van der Waals surface area contributed by atoms with Gasteiger partial charge >= 0.3 is 0 Å². The van der Waals surface area contributed by atoms with E-state index in [-0.39, 0.29) is 11.7 Å². The fraction of sp³-hybridized carbons (Fsp3) is 0.625. The molecule has 0 aromatic heterocycles. The predicted molar refractivity (Wildman–Crippen MR) is 75.3 cm³/mol. The van der Waals surface area contributed by atoms with Crippen molar-refractivity contribution < 1.29 is 9.78 Å². The quantitative estimate of drug-likeness (QED) is 0.550. The zero-order chi connectivity index (χ0) is 13.8. The van der Waals surface area contributed by atoms with Gasteiger partial charge in [-0.1, -0.05) is 38.1 Å². The van der Waals surface area contributed by atoms with Crippen molar-refractivity contribution in [2.24, 2.45) is 5.92 Å². The van der Waals surface area contributed by atoms with Gasteiger partial charge in [0.25, 0.3) is 0 Å². The lowest BCUT2D eigenvalue weighted by Crippen LogP contribution is -2.22. The Kier molecular flexibility index (Phi) is 5.36. The highest BCUT2D eigenvalue weighted by Gasteiger charge is 2.20. The molecule has 0 saturated heterocycles. The molecule has 0 bridgehead atoms. The minimum atomic E-state index is -0.280. The van der Waals surface area contributed by atoms with E-state index >= 15 is 0 Å². The molecule has 0 amide bonds. The average Bonchev–Trinajstić information content (AvgIpc) is 2.23. The Morgan fingerprint density at radius 1 is 1.11 bits per heavy atom. The summed E-state index contributed by atoms with van der Waals surface area (Å²) in [6, 6.07) is 8.34. The van der Waals surface area contributed by atoms with Crippen LogP contribution in [0.25, 0.3) is 0 Å². The van der Waals surface area contributed by atoms with Crippen molar-refractivity contribution in [2.45, 2.75) is 59.7 Å². The smallest absolute Gasteiger partial charge is 0.118 e. The van der Waals surface area contributed by atoms with Crippen LogP contribution in [0.3, 0.4) is 0 Å². The molecule has 0 N–H and O–H groups in total. The van der Waals surface area contributed by atoms with Gasteiger partial charge in [-0.05, 0) is 51.2 Å². The van der Waals surface area contributed by atoms with Gasteiger partial charge in [0.1, 0.15) is 6.10 Å². The largest absolute Gasteiger partial charge is 0.230 e. The van der Waals surface area contributed by atoms with Crippen LogP contribution in [-0.2, 0) is 9.78 Å². The van der Waals surface area contributed by atoms with E-state index in [4.69, 9.17) is 9.78 Å². The first-order chi connectivity index (χ1) is 8.29. The molecule has 1 rings (SSSR count). The number of hydrogen-bond acceptors (Lipinski definition) is 2. The summed E-state index contributed by atoms with van der Waals surface area (Å²) in [7, 11) is 0. The molecular weight excluding hydrogens is 224 g/mol. The van der Waals surface area contributed by atoms with Crippen LogP contribution in [0.15, 0.2) is 24.3 Å². The van der Waals surface area contributed by atoms with Gasteiger partial charge in [0, 0.05) is 0 Å². The predicted octanol–water partition coefficient (Wildman–Crippen LogP) is 4.83. The molecule has 18 heavy (non-hydrogen) atoms. The molecular formula is C16H26O2. The van der Waals surface area contributed by atoms with Crippen LogP contribution in [0.5, 0.6) is 0 Å². The van der Waals surface area contributed by atoms with Crippen LogP contribution >= 0.6 is 0 Å². The summed E-state index contributed by atoms with van der Waals surface area (Å²) in [5, 5.41) is 0. The third-order valence-corrected chi connectivity index (χ3v) is 2.64. The number of rotatable bonds is 5. The highest BCUT2D eigenvalue weighted by Crippen LogP contribution is 2.29. The number of hydrogen-bond donors (Lipinski definition) is 0. The molecule has 0 fully saturated rings. The second-order valence-corrected chi connectivity index (χ2v) is 6.27. The fourth-order valence-electron chi connectivity index (χ4n) is 1.80. The summed E-state index contributed by atoms with van der Waals surface area (Å²) in [5.41, 5.74) is 2.19. The van der Waals surface area contributed by atoms with Gasteiger partial charge in [-0.2, -0.15) is 0 Å². The topological polar surface area (TPSA) is 18.5 Å². The monoisotopic (exact) mass is 250 g/mol. The van der Waals surface area contributed by atoms with Gasteiger partial charge in [0.15, 0.2) is 0 Å². The first-order valence-electron chi connectivity index (χ1n) is 6.69. The third-order valence-electron chi connectivity index (χ3n) is 2.64. The van der Waals surface area contributed by atoms with Gasteiger partial charge in [-0.3, -0.25) is 0 Å². The standard InChI is InChI=1S/C16H26O2/c1-12(2)11-15(17-18-16(4,5)6)14-10-8-7-9-13(14)3/h7-10,12,15H,11H2,1-6H3. The van der Waals surface area contributed by atoms with Crippen LogP contribution in [0, 0.1) is 12.8 Å². The summed E-state index contributed by atoms with van der Waals surface area (Å²) in [6.45, 7) is 12.5. The van der Waals surface area contributed by atoms with Crippen LogP contribution in [0.4, 0.5) is 0 Å². The van der Waals surface area contributed by atoms with E-state index in [0.717, 1.165) is 6.42 Å². The van der Waals surface area contributed by atoms with Gasteiger partial charge in [-0.25, -0.2) is 9.78 Å². The molecule has 0 aliphatic carbocycles. The second-order valence-electron chi connectivity index (χ2n) is 6.27. The van der Waals surface area contributed by atoms with Crippen LogP contribution in [-0.4, -0.2) is 5.60 Å². The summed E-state index contributed by atoms with van der Waals surface area (Å²) in [4.78, 5) is 11.2. The van der Waals surface area contributed by atoms with Gasteiger partial charge in [-0.15, -0.1) is 0 Å². The summed E-state index contributed by atoms with van der Waals surface area (Å²) in [6.07, 6.45) is 0.964. The normalized spacial score (nSPS) is 13.9. The Morgan fingerprint density at radius 3 is 2.22 bits per heavy atom. The van der Waals surface area contributed by atoms with E-state index < -0.39 is 0 Å². The zero-order valence-electron chi connectivity index (χ0n) is 12.5. The molecule has 1 atom stereocenters. The van der Waals surface area contributed by atoms with E-state index in [1.807, 2.05) is 20.8 Å². The maximum absolute atomic E-state index is 5.68. The molecule has 1 aromatic carbocycles. The van der Waals surface area contributed by atoms with Crippen LogP contribution in [0.2, 0.25) is 0 Å². The zero-order valence-corrected chi connectivity index (χ0v) is 12.5. The highest BCUT2D eigenvalue weighted by atomic mass is 17.2. The lowest BCUT2D eigenvalue weighted by atomic mass is 9.96. The Morgan fingerprint density at radius 2 is 1.72 bits per heavy atom. The van der Waals surface area contributed by atoms with E-state index in [9.17, 15) is 0 Å². The molecule has 1 aromatic rings. The van der Waals surface area contributed by atoms with Crippen molar-refractivity contribution in [2.75, 3.05) is 0 Å². The van der Waals surface area contributed by atoms with Crippen molar-refractivity contribution in [3.8, 4) is 0 Å². The van der Waals surface area contributed by atoms with E-state index in [1.165, 1.54) is 11.1 Å². The Labute approximate surface area is 111 Å². The first kappa shape index (κ1) is 15.2. The fourth-order valence-corrected chi connectivity index (χ4v) is 1.80. The molecule has 0 spiro atoms. The second kappa shape index (κ2) is 6.35. The van der Waals surface area contributed by atoms with Crippen LogP contribution < -0.4 is 0 Å². The maximum Gasteiger partial charge on any atom is 0.118 e. The van der Waals surface area contributed by atoms with Gasteiger partial charge in [0.05, 0.1) is 5.60 Å². The Bertz CT molecular complexity index is 364. The first-order valence-corrected chi connectivity index (χ1v) is 6.69. The summed E-state index contributed by atoms with van der Waals surface area (Å²) >= 11 is 0. The van der Waals surface area contributed by atoms with E-state index in [1.54, 1.807) is 0 Å². The molecule has 2 nitrogen and oxygen atoms in total. The molecule has 1 unspecified atom stereocenters. The molecule has 0 radical (unpaired) electrons. The number of benzene rings is 1. The van der Waals surface area contributed by atoms with Crippen molar-refractivity contribution in [3.05, 3.63) is 35.4 Å². The minimum absolute atomic E-state index is 0.00502. The van der Waals surface area contributed by atoms with Gasteiger partial charge in [0.2, 0.25) is 0 Å². The minimum Gasteiger partial charge on any atom is -0.230 e. The van der Waals surface area contributed by atoms with Crippen molar-refractivity contribution >= 4 is 0 Å². The molecule has 2 heteroatoms. The van der Waals surface area contributed by atoms with Gasteiger partial charge < -0.3 is 0 Å². The third kappa shape index (κ3) is 5.19. The van der Waals surface area contributed by atoms with Crippen molar-refractivity contribution in [3.63, 3.8) is 0 Å². The summed E-state index contributed by atoms with van der Waals surface area (Å²) in [5.74, 6) is 0.568. The average molecular weight is 250 g/mol. The summed E-state index contributed by atoms with van der Waals surface area (Å²) < 4.78 is 0. The Balaban J connectivity index is 2.82. The molecule has 0 heterocycles. The lowest BCUT2D eigenvalue weighted by molar-refractivity contribution is -0.377. The SMILES string of the molecule is Cc1ccccc1C(CC(C)C)OOC(C)(C)C. The van der Waals surface area contributed by atoms with Crippen LogP contribution in [0.1, 0.15) is 58.3 Å². The van der Waals surface area contributed by atoms with Crippen molar-refractivity contribution in [1.29, 1.82) is 0 Å². The maximum atomic E-state index is 5.68. The molecule has 0 aliphatic heterocycles.